The summed E-state index contributed by atoms with van der Waals surface area (Å²) in [5.74, 6) is 13.9. The molecule has 4 atom stereocenters. The van der Waals surface area contributed by atoms with Gasteiger partial charge in [0.1, 0.15) is 90.3 Å². The highest BCUT2D eigenvalue weighted by Crippen LogP contribution is 2.38. The minimum atomic E-state index is -1.32. The van der Waals surface area contributed by atoms with Crippen molar-refractivity contribution in [1.82, 2.24) is 0 Å². The summed E-state index contributed by atoms with van der Waals surface area (Å²) in [4.78, 5) is 23.0. The van der Waals surface area contributed by atoms with E-state index >= 15 is 0 Å². The predicted octanol–water partition coefficient (Wildman–Crippen LogP) is 32.4. The third-order valence-corrected chi connectivity index (χ3v) is 63.1. The molecule has 0 spiro atoms. The Bertz CT molecular complexity index is 4670. The van der Waals surface area contributed by atoms with Crippen LogP contribution in [0, 0.1) is 0 Å². The van der Waals surface area contributed by atoms with E-state index in [2.05, 4.69) is 131 Å². The Hall–Kier alpha value is 0.992. The summed E-state index contributed by atoms with van der Waals surface area (Å²) in [6, 6.07) is 48.4. The quantitative estimate of drug-likeness (QED) is 0.0164. The fraction of sp³-hybridized carbons (Fsp3) is 0.658. The van der Waals surface area contributed by atoms with E-state index in [0.717, 1.165) is 69.0 Å². The zero-order valence-corrected chi connectivity index (χ0v) is 120. The second-order valence-electron chi connectivity index (χ2n) is 41.3. The van der Waals surface area contributed by atoms with Gasteiger partial charge in [0.25, 0.3) is 0 Å². The Balaban J connectivity index is 0.861. The van der Waals surface area contributed by atoms with Crippen molar-refractivity contribution in [1.29, 1.82) is 0 Å². The monoisotopic (exact) mass is 2490 g/mol. The molecule has 0 aliphatic carbocycles. The number of aliphatic hydroxyl groups excluding tert-OH is 3. The maximum absolute atomic E-state index is 13.3. The van der Waals surface area contributed by atoms with Crippen molar-refractivity contribution in [2.45, 2.75) is 458 Å². The van der Waals surface area contributed by atoms with Crippen LogP contribution in [0.25, 0.3) is 0 Å². The standard InChI is InChI=1S/C117H198O8S16Si9/c1-6-75-143-122-147-79-42-34-26-18-10-14-22-30-38-47-95-52-56-103(134-95)87-130-91-107-64-60-99(138-107)83-126-71-46-51-114(118)111(68-72-127-84-100-61-65-108(139-100)92-131-88-104-57-53-96(135-104)48-39-31-23-15-11-19-27-35-43-80-148-123-144-76-7-2)115(119)112(69-73-128-85-101-62-66-109(140-101)93-132-89-105-58-54-97(136-105)49-40-32-24-16-12-20-28-36-44-81-149-124-145-77-8-3)116(120)113(117(5,121)142)70-74-129-86-102-63-67-110(141-102)94-133-90-106-59-55-98(137-106)50-41-33-25-17-13-21-29-37-45-82-150-125-146-78-9-4/h46,51-70,114-116,118-121H,6-45,47-50,71-94,143-150H2,1-5,142H3/b51-46+,111-68-,112-69+,113-70-. The van der Waals surface area contributed by atoms with Crippen LogP contribution in [0.4, 0.5) is 0 Å². The molecule has 0 fully saturated rings. The lowest BCUT2D eigenvalue weighted by atomic mass is 9.88. The van der Waals surface area contributed by atoms with E-state index in [1.807, 2.05) is 181 Å². The number of thioether (sulfide) groups is 8. The lowest BCUT2D eigenvalue weighted by Crippen LogP contribution is -2.38. The second-order valence-corrected chi connectivity index (χ2v) is 76.8. The van der Waals surface area contributed by atoms with Crippen molar-refractivity contribution in [3.8, 4) is 0 Å². The summed E-state index contributed by atoms with van der Waals surface area (Å²) in [6.45, 7) is 10.9. The molecule has 0 saturated carbocycles. The summed E-state index contributed by atoms with van der Waals surface area (Å²) in [7, 11) is -1.23. The van der Waals surface area contributed by atoms with E-state index in [1.165, 1.54) is 404 Å². The van der Waals surface area contributed by atoms with Crippen LogP contribution >= 0.6 is 185 Å². The minimum Gasteiger partial charge on any atom is -0.465 e. The smallest absolute Gasteiger partial charge is 0.146 e. The number of unbranched alkanes of at least 4 members (excludes halogenated alkanes) is 32. The number of aryl methyl sites for hydroxylation is 4. The molecular formula is C117H198O8S16Si9. The Kier molecular flexibility index (Phi) is 83.7. The maximum Gasteiger partial charge on any atom is 0.146 e. The Labute approximate surface area is 1000 Å². The van der Waals surface area contributed by atoms with Gasteiger partial charge in [-0.05, 0) is 220 Å². The van der Waals surface area contributed by atoms with Crippen molar-refractivity contribution < 1.29 is 36.9 Å². The average Bonchev–Trinajstić information content (AvgIpc) is 1.25. The summed E-state index contributed by atoms with van der Waals surface area (Å²) in [5, 5.41) is 50.1. The largest absolute Gasteiger partial charge is 0.465 e. The molecule has 0 radical (unpaired) electrons. The fourth-order valence-electron chi connectivity index (χ4n) is 18.2. The van der Waals surface area contributed by atoms with Crippen molar-refractivity contribution in [2.75, 3.05) is 23.0 Å². The van der Waals surface area contributed by atoms with Gasteiger partial charge in [-0.3, -0.25) is 0 Å². The molecular weight excluding hydrogens is 2300 g/mol. The summed E-state index contributed by atoms with van der Waals surface area (Å²) in [6.07, 6.45) is 65.9. The van der Waals surface area contributed by atoms with Crippen LogP contribution in [0.1, 0.15) is 369 Å². The normalized spacial score (nSPS) is 14.1. The van der Waals surface area contributed by atoms with Crippen LogP contribution < -0.4 is 0 Å². The average molecular weight is 2500 g/mol. The van der Waals surface area contributed by atoms with Crippen LogP contribution in [-0.2, 0) is 111 Å². The van der Waals surface area contributed by atoms with Crippen molar-refractivity contribution in [3.63, 3.8) is 0 Å². The first kappa shape index (κ1) is 136. The zero-order valence-electron chi connectivity index (χ0n) is 93.6. The molecule has 8 heterocycles. The molecule has 8 aromatic heterocycles. The molecule has 8 rings (SSSR count). The van der Waals surface area contributed by atoms with Crippen LogP contribution in [0.3, 0.4) is 0 Å². The number of rotatable bonds is 103. The highest BCUT2D eigenvalue weighted by molar-refractivity contribution is 8.00. The van der Waals surface area contributed by atoms with E-state index in [-0.39, 0.29) is 78.1 Å². The first-order valence-electron chi connectivity index (χ1n) is 58.8. The van der Waals surface area contributed by atoms with Gasteiger partial charge < -0.3 is 36.9 Å². The number of thiophene rings is 8. The molecule has 33 heteroatoms. The van der Waals surface area contributed by atoms with Gasteiger partial charge in [-0.1, -0.05) is 289 Å². The lowest BCUT2D eigenvalue weighted by molar-refractivity contribution is 0.121. The third kappa shape index (κ3) is 67.4. The molecule has 4 N–H and O–H groups in total. The predicted molar refractivity (Wildman–Crippen MR) is 725 cm³/mol. The van der Waals surface area contributed by atoms with Gasteiger partial charge in [0, 0.05) is 180 Å². The first-order valence-corrected chi connectivity index (χ1v) is 88.2. The number of aliphatic hydroxyl groups is 4. The molecule has 4 unspecified atom stereocenters. The molecule has 0 amide bonds. The van der Waals surface area contributed by atoms with Gasteiger partial charge in [-0.25, -0.2) is 0 Å². The zero-order chi connectivity index (χ0) is 106. The Morgan fingerprint density at radius 2 is 0.453 bits per heavy atom. The molecule has 846 valence electrons. The van der Waals surface area contributed by atoms with Gasteiger partial charge in [-0.15, -0.1) is 90.7 Å². The van der Waals surface area contributed by atoms with Gasteiger partial charge in [-0.2, -0.15) is 94.1 Å². The van der Waals surface area contributed by atoms with E-state index < -0.39 is 23.5 Å². The summed E-state index contributed by atoms with van der Waals surface area (Å²) < 4.78 is 24.1. The lowest BCUT2D eigenvalue weighted by Gasteiger charge is -2.31. The van der Waals surface area contributed by atoms with Crippen LogP contribution in [0.15, 0.2) is 144 Å². The molecule has 0 aromatic carbocycles. The Morgan fingerprint density at radius 3 is 0.693 bits per heavy atom. The Morgan fingerprint density at radius 1 is 0.260 bits per heavy atom. The molecule has 8 aromatic rings. The van der Waals surface area contributed by atoms with E-state index in [4.69, 9.17) is 16.5 Å². The van der Waals surface area contributed by atoms with Crippen molar-refractivity contribution in [3.05, 3.63) is 222 Å². The van der Waals surface area contributed by atoms with Gasteiger partial charge in [0.15, 0.2) is 0 Å². The molecule has 8 nitrogen and oxygen atoms in total. The van der Waals surface area contributed by atoms with E-state index in [1.54, 1.807) is 40.2 Å². The van der Waals surface area contributed by atoms with Crippen molar-refractivity contribution in [2.24, 2.45) is 0 Å². The molecule has 0 saturated heterocycles. The van der Waals surface area contributed by atoms with E-state index in [0.29, 0.717) is 50.0 Å². The first-order chi connectivity index (χ1) is 73.7. The second kappa shape index (κ2) is 92.2. The summed E-state index contributed by atoms with van der Waals surface area (Å²) in [5.41, 5.74) is 1.39. The minimum absolute atomic E-state index is 0.180. The fourth-order valence-corrected chi connectivity index (χ4v) is 49.2. The molecule has 0 bridgehead atoms. The molecule has 0 aliphatic heterocycles. The molecule has 0 aliphatic rings. The number of hydrogen-bond acceptors (Lipinski definition) is 24. The van der Waals surface area contributed by atoms with Gasteiger partial charge in [0.2, 0.25) is 0 Å². The topological polar surface area (TPSA) is 118 Å². The molecule has 150 heavy (non-hydrogen) atoms. The van der Waals surface area contributed by atoms with Crippen LogP contribution in [0.5, 0.6) is 0 Å². The van der Waals surface area contributed by atoms with Crippen LogP contribution in [0.2, 0.25) is 48.4 Å². The maximum atomic E-state index is 13.3. The summed E-state index contributed by atoms with van der Waals surface area (Å²) >= 11 is 31.0. The highest BCUT2D eigenvalue weighted by Gasteiger charge is 2.34. The third-order valence-electron chi connectivity index (χ3n) is 27.2. The van der Waals surface area contributed by atoms with E-state index in [9.17, 15) is 20.4 Å². The van der Waals surface area contributed by atoms with Crippen molar-refractivity contribution >= 4 is 273 Å². The SMILES string of the molecule is CCC[SiH2]O[SiH2]CCCCCCCCCCCc1ccc(CSCc2ccc(CSC/C=C(/C(O)/C=C/CSCc3ccc(CSCc4ccc(CCCCCCCCCCC[SiH2]O[SiH2]CCC)s4)s3)C(O)/C(=C\CSCc3ccc(CSCc4ccc(CCCCCCCCCCC[SiH2]O[SiH2]CCC)s4)s3)C(O)/C(=C/CSCc3ccc(CSCc4ccc(CCCCCCCCCCC[SiH2]O[SiH2]CCC)s4)s3)C(C)(O)[SiH3])s2)s1. The number of hydrogen-bond donors (Lipinski definition) is 4. The highest BCUT2D eigenvalue weighted by atomic mass is 32.2. The van der Waals surface area contributed by atoms with Gasteiger partial charge >= 0.3 is 0 Å². The van der Waals surface area contributed by atoms with Crippen LogP contribution in [-0.4, -0.2) is 155 Å². The van der Waals surface area contributed by atoms with Gasteiger partial charge in [0.05, 0.1) is 11.3 Å².